The zero-order valence-corrected chi connectivity index (χ0v) is 16.8. The zero-order valence-electron chi connectivity index (χ0n) is 16.8. The normalized spacial score (nSPS) is 19.8. The van der Waals surface area contributed by atoms with Crippen molar-refractivity contribution in [2.24, 2.45) is 11.8 Å². The lowest BCUT2D eigenvalue weighted by molar-refractivity contribution is 0.178. The summed E-state index contributed by atoms with van der Waals surface area (Å²) in [7, 11) is 0. The van der Waals surface area contributed by atoms with Crippen molar-refractivity contribution >= 4 is 0 Å². The third-order valence-corrected chi connectivity index (χ3v) is 5.89. The Morgan fingerprint density at radius 2 is 1.59 bits per heavy atom. The predicted molar refractivity (Wildman–Crippen MR) is 112 cm³/mol. The van der Waals surface area contributed by atoms with Gasteiger partial charge in [-0.1, -0.05) is 70.2 Å². The Hall–Kier alpha value is -1.83. The van der Waals surface area contributed by atoms with E-state index in [-0.39, 0.29) is 5.82 Å². The van der Waals surface area contributed by atoms with Crippen molar-refractivity contribution in [3.05, 3.63) is 53.8 Å². The van der Waals surface area contributed by atoms with Gasteiger partial charge in [-0.15, -0.1) is 0 Å². The molecule has 2 aromatic rings. The third kappa shape index (κ3) is 5.57. The van der Waals surface area contributed by atoms with E-state index in [4.69, 9.17) is 4.74 Å². The van der Waals surface area contributed by atoms with Crippen LogP contribution < -0.4 is 4.74 Å². The second-order valence-corrected chi connectivity index (χ2v) is 8.08. The van der Waals surface area contributed by atoms with Crippen molar-refractivity contribution in [1.29, 1.82) is 0 Å². The third-order valence-electron chi connectivity index (χ3n) is 5.89. The Labute approximate surface area is 164 Å². The van der Waals surface area contributed by atoms with Crippen molar-refractivity contribution in [2.75, 3.05) is 6.61 Å². The van der Waals surface area contributed by atoms with Crippen LogP contribution in [0.4, 0.5) is 4.39 Å². The van der Waals surface area contributed by atoms with Crippen molar-refractivity contribution in [1.82, 2.24) is 0 Å². The molecule has 0 aromatic heterocycles. The molecule has 146 valence electrons. The van der Waals surface area contributed by atoms with Gasteiger partial charge >= 0.3 is 0 Å². The maximum atomic E-state index is 14.6. The summed E-state index contributed by atoms with van der Waals surface area (Å²) in [6.45, 7) is 5.15. The van der Waals surface area contributed by atoms with Crippen molar-refractivity contribution in [3.8, 4) is 16.9 Å². The fraction of sp³-hybridized carbons (Fsp3) is 0.520. The van der Waals surface area contributed by atoms with Crippen LogP contribution in [0.25, 0.3) is 11.1 Å². The Morgan fingerprint density at radius 3 is 2.22 bits per heavy atom. The van der Waals surface area contributed by atoms with Gasteiger partial charge < -0.3 is 4.74 Å². The first kappa shape index (κ1) is 19.9. The van der Waals surface area contributed by atoms with Crippen molar-refractivity contribution < 1.29 is 9.13 Å². The van der Waals surface area contributed by atoms with Crippen LogP contribution in [0.3, 0.4) is 0 Å². The molecular weight excluding hydrogens is 335 g/mol. The molecule has 0 aliphatic heterocycles. The van der Waals surface area contributed by atoms with Crippen LogP contribution in [-0.2, 0) is 6.42 Å². The average molecular weight is 369 g/mol. The van der Waals surface area contributed by atoms with Crippen molar-refractivity contribution in [3.63, 3.8) is 0 Å². The lowest BCUT2D eigenvalue weighted by Crippen LogP contribution is -2.20. The minimum Gasteiger partial charge on any atom is -0.493 e. The molecule has 0 atom stereocenters. The van der Waals surface area contributed by atoms with E-state index >= 15 is 0 Å². The van der Waals surface area contributed by atoms with E-state index in [1.54, 1.807) is 0 Å². The molecule has 1 aliphatic carbocycles. The molecule has 0 unspecified atom stereocenters. The Bertz CT molecular complexity index is 699. The molecule has 1 saturated carbocycles. The van der Waals surface area contributed by atoms with E-state index in [0.29, 0.717) is 23.8 Å². The van der Waals surface area contributed by atoms with Crippen LogP contribution in [0.1, 0.15) is 64.4 Å². The maximum Gasteiger partial charge on any atom is 0.134 e. The van der Waals surface area contributed by atoms with E-state index in [1.807, 2.05) is 24.3 Å². The molecule has 3 rings (SSSR count). The number of rotatable bonds is 8. The first-order valence-electron chi connectivity index (χ1n) is 10.7. The van der Waals surface area contributed by atoms with Gasteiger partial charge in [0.25, 0.3) is 0 Å². The number of benzene rings is 2. The highest BCUT2D eigenvalue weighted by Crippen LogP contribution is 2.32. The number of hydrogen-bond acceptors (Lipinski definition) is 1. The molecule has 1 nitrogen and oxygen atoms in total. The zero-order chi connectivity index (χ0) is 19.1. The standard InChI is InChI=1S/C25H33FO/c1-3-5-19-7-9-21(10-8-19)18-27-23-15-16-24(25(26)17-23)22-13-11-20(6-4-2)12-14-22/h11-17,19,21H,3-10,18H2,1-2H3/t19-,21-. The summed E-state index contributed by atoms with van der Waals surface area (Å²) in [5.74, 6) is 1.97. The van der Waals surface area contributed by atoms with Gasteiger partial charge in [0.05, 0.1) is 6.61 Å². The number of hydrogen-bond donors (Lipinski definition) is 0. The van der Waals surface area contributed by atoms with Gasteiger partial charge in [-0.3, -0.25) is 0 Å². The molecule has 27 heavy (non-hydrogen) atoms. The molecular formula is C25H33FO. The second-order valence-electron chi connectivity index (χ2n) is 8.08. The summed E-state index contributed by atoms with van der Waals surface area (Å²) >= 11 is 0. The Morgan fingerprint density at radius 1 is 0.889 bits per heavy atom. The number of aryl methyl sites for hydroxylation is 1. The second kappa shape index (κ2) is 9.92. The molecule has 2 heteroatoms. The summed E-state index contributed by atoms with van der Waals surface area (Å²) in [5, 5.41) is 0. The summed E-state index contributed by atoms with van der Waals surface area (Å²) in [5.41, 5.74) is 2.87. The minimum absolute atomic E-state index is 0.206. The highest BCUT2D eigenvalue weighted by atomic mass is 19.1. The average Bonchev–Trinajstić information content (AvgIpc) is 2.69. The van der Waals surface area contributed by atoms with Crippen LogP contribution in [0.5, 0.6) is 5.75 Å². The van der Waals surface area contributed by atoms with Gasteiger partial charge in [-0.2, -0.15) is 0 Å². The molecule has 0 heterocycles. The van der Waals surface area contributed by atoms with E-state index in [9.17, 15) is 4.39 Å². The van der Waals surface area contributed by atoms with E-state index < -0.39 is 0 Å². The smallest absolute Gasteiger partial charge is 0.134 e. The van der Waals surface area contributed by atoms with Gasteiger partial charge in [0, 0.05) is 11.6 Å². The maximum absolute atomic E-state index is 14.6. The fourth-order valence-electron chi connectivity index (χ4n) is 4.27. The highest BCUT2D eigenvalue weighted by molar-refractivity contribution is 5.65. The molecule has 1 aliphatic rings. The van der Waals surface area contributed by atoms with Gasteiger partial charge in [-0.25, -0.2) is 4.39 Å². The van der Waals surface area contributed by atoms with Crippen LogP contribution in [0, 0.1) is 17.7 Å². The topological polar surface area (TPSA) is 9.23 Å². The van der Waals surface area contributed by atoms with Crippen LogP contribution in [0.15, 0.2) is 42.5 Å². The Kier molecular flexibility index (Phi) is 7.32. The monoisotopic (exact) mass is 368 g/mol. The van der Waals surface area contributed by atoms with Crippen LogP contribution in [0.2, 0.25) is 0 Å². The summed E-state index contributed by atoms with van der Waals surface area (Å²) in [6.07, 6.45) is 9.98. The summed E-state index contributed by atoms with van der Waals surface area (Å²) in [4.78, 5) is 0. The summed E-state index contributed by atoms with van der Waals surface area (Å²) in [6, 6.07) is 13.5. The molecule has 1 fully saturated rings. The van der Waals surface area contributed by atoms with Gasteiger partial charge in [0.1, 0.15) is 11.6 Å². The first-order chi connectivity index (χ1) is 13.2. The van der Waals surface area contributed by atoms with E-state index in [1.165, 1.54) is 50.2 Å². The van der Waals surface area contributed by atoms with Gasteiger partial charge in [0.2, 0.25) is 0 Å². The molecule has 0 bridgehead atoms. The fourth-order valence-corrected chi connectivity index (χ4v) is 4.27. The molecule has 0 radical (unpaired) electrons. The summed E-state index contributed by atoms with van der Waals surface area (Å²) < 4.78 is 20.5. The largest absolute Gasteiger partial charge is 0.493 e. The molecule has 0 saturated heterocycles. The van der Waals surface area contributed by atoms with Crippen molar-refractivity contribution in [2.45, 2.75) is 65.2 Å². The van der Waals surface area contributed by atoms with Gasteiger partial charge in [-0.05, 0) is 54.4 Å². The predicted octanol–water partition coefficient (Wildman–Crippen LogP) is 7.43. The van der Waals surface area contributed by atoms with Crippen LogP contribution >= 0.6 is 0 Å². The lowest BCUT2D eigenvalue weighted by Gasteiger charge is -2.28. The van der Waals surface area contributed by atoms with E-state index in [0.717, 1.165) is 24.3 Å². The van der Waals surface area contributed by atoms with Crippen LogP contribution in [-0.4, -0.2) is 6.61 Å². The first-order valence-corrected chi connectivity index (χ1v) is 10.7. The molecule has 0 amide bonds. The number of halogens is 1. The highest BCUT2D eigenvalue weighted by Gasteiger charge is 2.21. The van der Waals surface area contributed by atoms with Gasteiger partial charge in [0.15, 0.2) is 0 Å². The number of ether oxygens (including phenoxy) is 1. The molecule has 2 aromatic carbocycles. The molecule has 0 spiro atoms. The minimum atomic E-state index is -0.206. The quantitative estimate of drug-likeness (QED) is 0.471. The molecule has 0 N–H and O–H groups in total. The SMILES string of the molecule is CCCc1ccc(-c2ccc(OC[C@H]3CC[C@H](CCC)CC3)cc2F)cc1. The lowest BCUT2D eigenvalue weighted by atomic mass is 9.80. The Balaban J connectivity index is 1.55. The van der Waals surface area contributed by atoms with E-state index in [2.05, 4.69) is 26.0 Å².